The monoisotopic (exact) mass is 1070 g/mol. The van der Waals surface area contributed by atoms with Crippen LogP contribution in [-0.4, -0.2) is 129 Å². The summed E-state index contributed by atoms with van der Waals surface area (Å²) in [5.41, 5.74) is -7.55. The summed E-state index contributed by atoms with van der Waals surface area (Å²) in [4.78, 5) is 127. The Morgan fingerprint density at radius 3 is 1.94 bits per heavy atom. The van der Waals surface area contributed by atoms with Crippen LogP contribution in [0, 0.1) is 28.6 Å². The molecule has 3 N–H and O–H groups in total. The van der Waals surface area contributed by atoms with E-state index in [1.54, 1.807) is 92.7 Å². The molecule has 19 heteroatoms. The third-order valence-electron chi connectivity index (χ3n) is 17.2. The molecule has 6 aliphatic rings. The highest BCUT2D eigenvalue weighted by Crippen LogP contribution is 2.64. The van der Waals surface area contributed by atoms with E-state index >= 15 is 9.59 Å². The lowest BCUT2D eigenvalue weighted by Gasteiger charge is -2.67. The SMILES string of the molecule is CC(=O)O[C@H]1C(=O)[C@@]2(C)[C@H]([C@H](OC(=O)c3ccccc3)[C@]3(O)C[C@H](OC(=O)[C@H](OC(=O)C4CCC(CN5C(=O)C=CC5=O)CC4)[C@@H](NC(=O)c4ccccc4)c4ccccc4)C(C)=C1C3(C)C)[C@]1(OC(C)=O)CO[C@@H]1C[C@@H]2O. The van der Waals surface area contributed by atoms with Crippen LogP contribution in [0.5, 0.6) is 0 Å². The Morgan fingerprint density at radius 2 is 1.37 bits per heavy atom. The second-order valence-corrected chi connectivity index (χ2v) is 22.1. The number of nitrogens with one attached hydrogen (secondary N) is 1. The van der Waals surface area contributed by atoms with Gasteiger partial charge in [0.05, 0.1) is 35.5 Å². The van der Waals surface area contributed by atoms with Gasteiger partial charge in [-0.1, -0.05) is 80.6 Å². The van der Waals surface area contributed by atoms with Crippen LogP contribution in [0.1, 0.15) is 112 Å². The molecular formula is C59H64N2O17. The minimum Gasteiger partial charge on any atom is -0.455 e. The predicted octanol–water partition coefficient (Wildman–Crippen LogP) is 5.02. The number of amides is 3. The Bertz CT molecular complexity index is 2930. The van der Waals surface area contributed by atoms with Crippen molar-refractivity contribution >= 4 is 53.4 Å². The second kappa shape index (κ2) is 21.5. The van der Waals surface area contributed by atoms with Gasteiger partial charge >= 0.3 is 29.8 Å². The van der Waals surface area contributed by atoms with Crippen LogP contribution in [-0.2, 0) is 62.0 Å². The van der Waals surface area contributed by atoms with E-state index in [1.807, 2.05) is 0 Å². The molecule has 19 nitrogen and oxygen atoms in total. The van der Waals surface area contributed by atoms with Gasteiger partial charge in [0, 0.05) is 56.4 Å². The number of nitrogens with zero attached hydrogens (tertiary/aromatic N) is 1. The number of aliphatic hydroxyl groups is 2. The van der Waals surface area contributed by atoms with Crippen molar-refractivity contribution in [2.45, 2.75) is 134 Å². The minimum absolute atomic E-state index is 0.0357. The molecule has 4 aliphatic carbocycles. The molecule has 2 heterocycles. The Morgan fingerprint density at radius 1 is 0.782 bits per heavy atom. The molecule has 412 valence electrons. The minimum atomic E-state index is -2.49. The van der Waals surface area contributed by atoms with Gasteiger partial charge in [-0.3, -0.25) is 38.5 Å². The highest BCUT2D eigenvalue weighted by molar-refractivity contribution is 6.12. The fraction of sp³-hybridized carbons (Fsp3) is 0.475. The number of hydrogen-bond donors (Lipinski definition) is 3. The number of carbonyl (C=O) groups is 9. The van der Waals surface area contributed by atoms with Crippen molar-refractivity contribution in [1.29, 1.82) is 0 Å². The molecule has 4 fully saturated rings. The average Bonchev–Trinajstić information content (AvgIpc) is 3.64. The lowest BCUT2D eigenvalue weighted by Crippen LogP contribution is -2.82. The van der Waals surface area contributed by atoms with Gasteiger partial charge in [0.2, 0.25) is 6.10 Å². The highest BCUT2D eigenvalue weighted by atomic mass is 16.6. The molecule has 78 heavy (non-hydrogen) atoms. The van der Waals surface area contributed by atoms with Gasteiger partial charge in [-0.05, 0) is 86.4 Å². The van der Waals surface area contributed by atoms with Crippen molar-refractivity contribution in [2.75, 3.05) is 13.2 Å². The maximum Gasteiger partial charge on any atom is 0.350 e. The fourth-order valence-corrected chi connectivity index (χ4v) is 13.0. The zero-order valence-electron chi connectivity index (χ0n) is 44.2. The van der Waals surface area contributed by atoms with Gasteiger partial charge in [0.1, 0.15) is 30.0 Å². The number of ketones is 1. The first-order valence-corrected chi connectivity index (χ1v) is 26.3. The van der Waals surface area contributed by atoms with Gasteiger partial charge in [0.15, 0.2) is 17.5 Å². The van der Waals surface area contributed by atoms with Crippen molar-refractivity contribution < 1.29 is 81.8 Å². The molecule has 3 aromatic carbocycles. The van der Waals surface area contributed by atoms with E-state index in [-0.39, 0.29) is 60.6 Å². The Kier molecular flexibility index (Phi) is 15.3. The van der Waals surface area contributed by atoms with Crippen molar-refractivity contribution in [2.24, 2.45) is 28.6 Å². The van der Waals surface area contributed by atoms with Gasteiger partial charge in [-0.15, -0.1) is 0 Å². The second-order valence-electron chi connectivity index (χ2n) is 22.1. The summed E-state index contributed by atoms with van der Waals surface area (Å²) in [5.74, 6) is -9.61. The van der Waals surface area contributed by atoms with E-state index in [0.29, 0.717) is 18.4 Å². The number of imide groups is 1. The van der Waals surface area contributed by atoms with Crippen molar-refractivity contribution in [3.63, 3.8) is 0 Å². The largest absolute Gasteiger partial charge is 0.455 e. The first-order valence-electron chi connectivity index (χ1n) is 26.3. The van der Waals surface area contributed by atoms with Crippen molar-refractivity contribution in [3.05, 3.63) is 131 Å². The fourth-order valence-electron chi connectivity index (χ4n) is 13.0. The molecular weight excluding hydrogens is 1010 g/mol. The van der Waals surface area contributed by atoms with E-state index in [0.717, 1.165) is 18.7 Å². The maximum atomic E-state index is 15.8. The zero-order valence-corrected chi connectivity index (χ0v) is 44.2. The quantitative estimate of drug-likeness (QED) is 0.0828. The lowest BCUT2D eigenvalue weighted by molar-refractivity contribution is -0.346. The summed E-state index contributed by atoms with van der Waals surface area (Å²) < 4.78 is 37.3. The van der Waals surface area contributed by atoms with Crippen molar-refractivity contribution in [1.82, 2.24) is 10.2 Å². The van der Waals surface area contributed by atoms with Crippen LogP contribution in [0.4, 0.5) is 0 Å². The zero-order chi connectivity index (χ0) is 56.1. The van der Waals surface area contributed by atoms with E-state index in [2.05, 4.69) is 5.32 Å². The van der Waals surface area contributed by atoms with Crippen molar-refractivity contribution in [3.8, 4) is 0 Å². The Hall–Kier alpha value is -7.35. The number of ether oxygens (including phenoxy) is 6. The average molecular weight is 1070 g/mol. The maximum absolute atomic E-state index is 15.8. The molecule has 3 saturated carbocycles. The summed E-state index contributed by atoms with van der Waals surface area (Å²) in [5, 5.41) is 29.2. The molecule has 1 saturated heterocycles. The van der Waals surface area contributed by atoms with Crippen LogP contribution >= 0.6 is 0 Å². The number of benzene rings is 3. The Labute approximate surface area is 450 Å². The van der Waals surface area contributed by atoms with Crippen LogP contribution in [0.2, 0.25) is 0 Å². The molecule has 2 bridgehead atoms. The number of carbonyl (C=O) groups excluding carboxylic acids is 9. The van der Waals surface area contributed by atoms with Crippen LogP contribution in [0.25, 0.3) is 0 Å². The van der Waals surface area contributed by atoms with E-state index < -0.39 is 136 Å². The van der Waals surface area contributed by atoms with E-state index in [9.17, 15) is 43.8 Å². The van der Waals surface area contributed by atoms with E-state index in [4.69, 9.17) is 28.4 Å². The normalized spacial score (nSPS) is 31.6. The third kappa shape index (κ3) is 9.84. The van der Waals surface area contributed by atoms with Gasteiger partial charge in [-0.2, -0.15) is 0 Å². The summed E-state index contributed by atoms with van der Waals surface area (Å²) in [7, 11) is 0. The summed E-state index contributed by atoms with van der Waals surface area (Å²) in [6.07, 6.45) is -7.09. The number of fused-ring (bicyclic) bond motifs is 5. The highest BCUT2D eigenvalue weighted by Gasteiger charge is 2.78. The number of Topliss-reactive ketones (excluding diaryl/α,β-unsaturated/α-hetero) is 1. The van der Waals surface area contributed by atoms with Gasteiger partial charge < -0.3 is 44.0 Å². The first kappa shape index (κ1) is 55.4. The smallest absolute Gasteiger partial charge is 0.350 e. The third-order valence-corrected chi connectivity index (χ3v) is 17.2. The van der Waals surface area contributed by atoms with Gasteiger partial charge in [-0.25, -0.2) is 9.59 Å². The number of hydrogen-bond acceptors (Lipinski definition) is 17. The topological polar surface area (TPSA) is 265 Å². The molecule has 0 spiro atoms. The predicted molar refractivity (Wildman–Crippen MR) is 273 cm³/mol. The Balaban J connectivity index is 1.15. The summed E-state index contributed by atoms with van der Waals surface area (Å²) in [6.45, 7) is 8.03. The molecule has 0 aromatic heterocycles. The first-order chi connectivity index (χ1) is 37.0. The van der Waals surface area contributed by atoms with Gasteiger partial charge in [0.25, 0.3) is 17.7 Å². The van der Waals surface area contributed by atoms with Crippen LogP contribution < -0.4 is 5.32 Å². The molecule has 0 radical (unpaired) electrons. The molecule has 11 atom stereocenters. The summed E-state index contributed by atoms with van der Waals surface area (Å²) in [6, 6.07) is 22.8. The van der Waals surface area contributed by atoms with Crippen LogP contribution in [0.3, 0.4) is 0 Å². The lowest BCUT2D eigenvalue weighted by atomic mass is 9.44. The molecule has 3 amide bonds. The van der Waals surface area contributed by atoms with E-state index in [1.165, 1.54) is 38.1 Å². The molecule has 2 aliphatic heterocycles. The number of rotatable bonds is 14. The summed E-state index contributed by atoms with van der Waals surface area (Å²) >= 11 is 0. The number of aliphatic hydroxyl groups excluding tert-OH is 1. The number of esters is 5. The molecule has 9 rings (SSSR count). The van der Waals surface area contributed by atoms with Crippen LogP contribution in [0.15, 0.2) is 114 Å². The standard InChI is InChI=1S/C59H64N2O17/c1-32-40(75-55(71)48(46(36-16-10-7-11-17-36)60-52(68)37-18-12-8-13-19-37)76-53(69)39-24-22-35(23-25-39)30-61-43(65)26-27-44(61)66)29-59(72)51(77-54(70)38-20-14-9-15-21-38)49-57(6,41(64)28-42-58(49,31-73-42)78-34(3)63)50(67)47(74-33(2)62)45(32)56(59,4)5/h7-21,26-27,35,39-42,46-49,51,64,72H,22-25,28-31H2,1-6H3,(H,60,68)/t35?,39?,40-,41-,42+,46-,47+,48+,49-,51-,57+,58-,59+/m0/s1. The molecule has 3 aromatic rings. The molecule has 0 unspecified atom stereocenters.